The Morgan fingerprint density at radius 1 is 1.07 bits per heavy atom. The Bertz CT molecular complexity index is 982. The third-order valence-electron chi connectivity index (χ3n) is 4.33. The Morgan fingerprint density at radius 3 is 2.46 bits per heavy atom. The average Bonchev–Trinajstić information content (AvgIpc) is 3.03. The molecule has 0 atom stereocenters. The second-order valence-electron chi connectivity index (χ2n) is 6.85. The first-order valence-corrected chi connectivity index (χ1v) is 8.85. The lowest BCUT2D eigenvalue weighted by Gasteiger charge is -2.23. The van der Waals surface area contributed by atoms with Crippen molar-refractivity contribution in [2.45, 2.75) is 32.6 Å². The van der Waals surface area contributed by atoms with Gasteiger partial charge in [0.25, 0.3) is 5.91 Å². The average molecular weight is 381 g/mol. The Labute approximate surface area is 162 Å². The van der Waals surface area contributed by atoms with Crippen LogP contribution in [0.4, 0.5) is 4.79 Å². The minimum atomic E-state index is -1.19. The van der Waals surface area contributed by atoms with E-state index in [1.54, 1.807) is 13.8 Å². The fourth-order valence-electron chi connectivity index (χ4n) is 2.76. The summed E-state index contributed by atoms with van der Waals surface area (Å²) in [6.45, 7) is 3.98. The number of ether oxygens (including phenoxy) is 1. The summed E-state index contributed by atoms with van der Waals surface area (Å²) < 4.78 is 7.72. The van der Waals surface area contributed by atoms with Crippen LogP contribution >= 0.6 is 0 Å². The zero-order chi connectivity index (χ0) is 20.1. The predicted octanol–water partition coefficient (Wildman–Crippen LogP) is 2.08. The van der Waals surface area contributed by atoms with Crippen molar-refractivity contribution in [1.82, 2.24) is 20.6 Å². The first-order valence-electron chi connectivity index (χ1n) is 8.85. The van der Waals surface area contributed by atoms with Crippen LogP contribution in [0.25, 0.3) is 10.9 Å². The highest BCUT2D eigenvalue weighted by molar-refractivity contribution is 5.86. The molecule has 8 heteroatoms. The summed E-state index contributed by atoms with van der Waals surface area (Å²) in [5.41, 5.74) is 10.9. The standard InChI is InChI=1S/C20H23N5O3/c1-20(2,18(26)22-23-19(21)27)28-13-16-15-10-6-7-11-17(15)25(24-16)12-14-8-4-3-5-9-14/h3-11H,12-13H2,1-2H3,(H,22,26)(H3,21,23,27). The van der Waals surface area contributed by atoms with Gasteiger partial charge in [-0.05, 0) is 25.5 Å². The van der Waals surface area contributed by atoms with E-state index >= 15 is 0 Å². The van der Waals surface area contributed by atoms with E-state index in [-0.39, 0.29) is 6.61 Å². The molecule has 3 aromatic rings. The van der Waals surface area contributed by atoms with Gasteiger partial charge in [0.05, 0.1) is 24.4 Å². The summed E-state index contributed by atoms with van der Waals surface area (Å²) >= 11 is 0. The van der Waals surface area contributed by atoms with E-state index in [2.05, 4.69) is 10.9 Å². The third kappa shape index (κ3) is 4.47. The number of nitrogens with zero attached hydrogens (tertiary/aromatic N) is 2. The molecule has 1 heterocycles. The molecule has 0 fully saturated rings. The molecule has 2 aromatic carbocycles. The molecule has 0 unspecified atom stereocenters. The largest absolute Gasteiger partial charge is 0.359 e. The molecule has 0 aliphatic rings. The van der Waals surface area contributed by atoms with Crippen molar-refractivity contribution in [3.63, 3.8) is 0 Å². The molecular weight excluding hydrogens is 358 g/mol. The summed E-state index contributed by atoms with van der Waals surface area (Å²) in [5, 5.41) is 5.65. The van der Waals surface area contributed by atoms with Crippen LogP contribution in [0.15, 0.2) is 54.6 Å². The van der Waals surface area contributed by atoms with Gasteiger partial charge in [0, 0.05) is 5.39 Å². The molecule has 0 saturated heterocycles. The van der Waals surface area contributed by atoms with Crippen LogP contribution < -0.4 is 16.6 Å². The van der Waals surface area contributed by atoms with Crippen molar-refractivity contribution in [2.75, 3.05) is 0 Å². The quantitative estimate of drug-likeness (QED) is 0.568. The Balaban J connectivity index is 1.78. The number of aromatic nitrogens is 2. The van der Waals surface area contributed by atoms with Crippen LogP contribution in [-0.4, -0.2) is 27.3 Å². The second-order valence-corrected chi connectivity index (χ2v) is 6.85. The van der Waals surface area contributed by atoms with Gasteiger partial charge in [0.2, 0.25) is 0 Å². The van der Waals surface area contributed by atoms with Gasteiger partial charge >= 0.3 is 6.03 Å². The molecule has 0 aliphatic carbocycles. The molecule has 146 valence electrons. The van der Waals surface area contributed by atoms with Crippen LogP contribution in [-0.2, 0) is 22.7 Å². The number of nitrogens with one attached hydrogen (secondary N) is 2. The predicted molar refractivity (Wildman–Crippen MR) is 105 cm³/mol. The van der Waals surface area contributed by atoms with E-state index in [9.17, 15) is 9.59 Å². The molecule has 0 bridgehead atoms. The Kier molecular flexibility index (Phi) is 5.60. The topological polar surface area (TPSA) is 111 Å². The molecule has 3 amide bonds. The highest BCUT2D eigenvalue weighted by Gasteiger charge is 2.29. The highest BCUT2D eigenvalue weighted by atomic mass is 16.5. The first-order chi connectivity index (χ1) is 13.4. The summed E-state index contributed by atoms with van der Waals surface area (Å²) in [4.78, 5) is 22.9. The van der Waals surface area contributed by atoms with E-state index in [0.717, 1.165) is 22.2 Å². The number of carbonyl (C=O) groups excluding carboxylic acids is 2. The molecule has 8 nitrogen and oxygen atoms in total. The third-order valence-corrected chi connectivity index (χ3v) is 4.33. The summed E-state index contributed by atoms with van der Waals surface area (Å²) in [5.74, 6) is -0.515. The van der Waals surface area contributed by atoms with E-state index in [4.69, 9.17) is 15.6 Å². The maximum atomic E-state index is 12.2. The number of hydrazine groups is 1. The van der Waals surface area contributed by atoms with Crippen LogP contribution in [0.5, 0.6) is 0 Å². The number of para-hydroxylation sites is 1. The molecule has 3 rings (SSSR count). The Hall–Kier alpha value is -3.39. The summed E-state index contributed by atoms with van der Waals surface area (Å²) in [7, 11) is 0. The molecule has 0 aliphatic heterocycles. The van der Waals surface area contributed by atoms with E-state index in [1.165, 1.54) is 0 Å². The fraction of sp³-hybridized carbons (Fsp3) is 0.250. The lowest BCUT2D eigenvalue weighted by Crippen LogP contribution is -2.52. The lowest BCUT2D eigenvalue weighted by molar-refractivity contribution is -0.145. The number of urea groups is 1. The fourth-order valence-corrected chi connectivity index (χ4v) is 2.76. The number of hydrogen-bond donors (Lipinski definition) is 3. The molecule has 4 N–H and O–H groups in total. The number of fused-ring (bicyclic) bond motifs is 1. The highest BCUT2D eigenvalue weighted by Crippen LogP contribution is 2.22. The zero-order valence-electron chi connectivity index (χ0n) is 15.8. The van der Waals surface area contributed by atoms with Gasteiger partial charge in [-0.3, -0.25) is 14.9 Å². The van der Waals surface area contributed by atoms with Gasteiger partial charge in [-0.15, -0.1) is 0 Å². The van der Waals surface area contributed by atoms with Gasteiger partial charge in [0.15, 0.2) is 0 Å². The first kappa shape index (κ1) is 19.4. The lowest BCUT2D eigenvalue weighted by atomic mass is 10.1. The number of amides is 3. The number of primary amides is 1. The van der Waals surface area contributed by atoms with E-state index < -0.39 is 17.5 Å². The van der Waals surface area contributed by atoms with Crippen molar-refractivity contribution < 1.29 is 14.3 Å². The number of carbonyl (C=O) groups is 2. The maximum Gasteiger partial charge on any atom is 0.330 e. The normalized spacial score (nSPS) is 11.4. The van der Waals surface area contributed by atoms with Crippen LogP contribution in [0.1, 0.15) is 25.1 Å². The molecular formula is C20H23N5O3. The smallest absolute Gasteiger partial charge is 0.330 e. The van der Waals surface area contributed by atoms with Crippen molar-refractivity contribution in [2.24, 2.45) is 5.73 Å². The van der Waals surface area contributed by atoms with E-state index in [0.29, 0.717) is 6.54 Å². The van der Waals surface area contributed by atoms with E-state index in [1.807, 2.05) is 59.3 Å². The number of benzene rings is 2. The van der Waals surface area contributed by atoms with Crippen LogP contribution in [0.3, 0.4) is 0 Å². The summed E-state index contributed by atoms with van der Waals surface area (Å²) in [6.07, 6.45) is 0. The number of nitrogens with two attached hydrogens (primary N) is 1. The summed E-state index contributed by atoms with van der Waals surface area (Å²) in [6, 6.07) is 17.1. The van der Waals surface area contributed by atoms with Gasteiger partial charge in [-0.25, -0.2) is 10.2 Å². The van der Waals surface area contributed by atoms with Gasteiger partial charge < -0.3 is 10.5 Å². The minimum Gasteiger partial charge on any atom is -0.359 e. The molecule has 1 aromatic heterocycles. The maximum absolute atomic E-state index is 12.2. The minimum absolute atomic E-state index is 0.138. The van der Waals surface area contributed by atoms with Gasteiger partial charge in [0.1, 0.15) is 5.60 Å². The molecule has 0 saturated carbocycles. The Morgan fingerprint density at radius 2 is 1.75 bits per heavy atom. The van der Waals surface area contributed by atoms with Crippen LogP contribution in [0.2, 0.25) is 0 Å². The van der Waals surface area contributed by atoms with Gasteiger partial charge in [-0.1, -0.05) is 48.5 Å². The number of rotatable bonds is 6. The molecule has 0 radical (unpaired) electrons. The van der Waals surface area contributed by atoms with Crippen LogP contribution in [0, 0.1) is 0 Å². The SMILES string of the molecule is CC(C)(OCc1nn(Cc2ccccc2)c2ccccc12)C(=O)NNC(N)=O. The van der Waals surface area contributed by atoms with Crippen molar-refractivity contribution in [3.8, 4) is 0 Å². The molecule has 0 spiro atoms. The second kappa shape index (κ2) is 8.10. The monoisotopic (exact) mass is 381 g/mol. The molecule has 28 heavy (non-hydrogen) atoms. The van der Waals surface area contributed by atoms with Crippen molar-refractivity contribution >= 4 is 22.8 Å². The number of hydrogen-bond acceptors (Lipinski definition) is 4. The van der Waals surface area contributed by atoms with Gasteiger partial charge in [-0.2, -0.15) is 5.10 Å². The zero-order valence-corrected chi connectivity index (χ0v) is 15.8. The van der Waals surface area contributed by atoms with Crippen molar-refractivity contribution in [1.29, 1.82) is 0 Å². The van der Waals surface area contributed by atoms with Crippen molar-refractivity contribution in [3.05, 3.63) is 65.9 Å².